The van der Waals surface area contributed by atoms with Crippen LogP contribution in [0.4, 0.5) is 13.2 Å². The molecule has 2 atom stereocenters. The molecule has 110 valence electrons. The van der Waals surface area contributed by atoms with Gasteiger partial charge in [-0.25, -0.2) is 4.79 Å². The number of esters is 1. The van der Waals surface area contributed by atoms with Gasteiger partial charge in [-0.3, -0.25) is 0 Å². The van der Waals surface area contributed by atoms with Gasteiger partial charge in [0.2, 0.25) is 11.7 Å². The van der Waals surface area contributed by atoms with E-state index >= 15 is 0 Å². The lowest BCUT2D eigenvalue weighted by molar-refractivity contribution is -0.255. The number of aliphatic hydroxyl groups is 1. The largest absolute Gasteiger partial charge is 0.477 e. The predicted molar refractivity (Wildman–Crippen MR) is 62.2 cm³/mol. The van der Waals surface area contributed by atoms with E-state index in [0.717, 1.165) is 0 Å². The molecular weight excluding hydrogens is 277 g/mol. The quantitative estimate of drug-likeness (QED) is 0.845. The van der Waals surface area contributed by atoms with Crippen LogP contribution in [0.5, 0.6) is 5.75 Å². The zero-order valence-corrected chi connectivity index (χ0v) is 10.6. The zero-order chi connectivity index (χ0) is 15.0. The van der Waals surface area contributed by atoms with Crippen molar-refractivity contribution in [3.8, 4) is 5.75 Å². The van der Waals surface area contributed by atoms with Gasteiger partial charge in [0, 0.05) is 6.42 Å². The third-order valence-corrected chi connectivity index (χ3v) is 3.04. The van der Waals surface area contributed by atoms with Gasteiger partial charge in [0.1, 0.15) is 5.75 Å². The molecule has 0 aliphatic carbocycles. The summed E-state index contributed by atoms with van der Waals surface area (Å²) in [6.07, 6.45) is -8.05. The Kier molecular flexibility index (Phi) is 3.64. The van der Waals surface area contributed by atoms with Crippen LogP contribution in [0.25, 0.3) is 0 Å². The van der Waals surface area contributed by atoms with Crippen LogP contribution < -0.4 is 4.74 Å². The smallest absolute Gasteiger partial charge is 0.428 e. The molecule has 4 nitrogen and oxygen atoms in total. The fraction of sp³-hybridized carbons (Fsp3) is 0.462. The second-order valence-corrected chi connectivity index (χ2v) is 4.47. The first-order chi connectivity index (χ1) is 9.29. The Morgan fingerprint density at radius 3 is 2.75 bits per heavy atom. The fourth-order valence-corrected chi connectivity index (χ4v) is 2.15. The van der Waals surface area contributed by atoms with Crippen molar-refractivity contribution in [3.63, 3.8) is 0 Å². The summed E-state index contributed by atoms with van der Waals surface area (Å²) in [5.41, 5.74) is -2.45. The molecule has 0 saturated carbocycles. The van der Waals surface area contributed by atoms with E-state index in [4.69, 9.17) is 4.74 Å². The minimum atomic E-state index is -4.89. The average Bonchev–Trinajstić information content (AvgIpc) is 2.37. The third-order valence-electron chi connectivity index (χ3n) is 3.04. The van der Waals surface area contributed by atoms with Gasteiger partial charge in [-0.1, -0.05) is 18.2 Å². The van der Waals surface area contributed by atoms with Crippen molar-refractivity contribution in [1.29, 1.82) is 0 Å². The Labute approximate surface area is 113 Å². The molecule has 1 aromatic rings. The van der Waals surface area contributed by atoms with Gasteiger partial charge in [-0.2, -0.15) is 13.2 Å². The second-order valence-electron chi connectivity index (χ2n) is 4.47. The number of para-hydroxylation sites is 1. The predicted octanol–water partition coefficient (Wildman–Crippen LogP) is 1.85. The van der Waals surface area contributed by atoms with Crippen LogP contribution in [-0.2, 0) is 16.0 Å². The Morgan fingerprint density at radius 1 is 1.50 bits per heavy atom. The van der Waals surface area contributed by atoms with E-state index in [1.807, 2.05) is 0 Å². The minimum absolute atomic E-state index is 0.00352. The number of hydrogen-bond donors (Lipinski definition) is 1. The third kappa shape index (κ3) is 2.45. The van der Waals surface area contributed by atoms with Crippen molar-refractivity contribution in [2.75, 3.05) is 6.61 Å². The average molecular weight is 290 g/mol. The number of hydrogen-bond acceptors (Lipinski definition) is 4. The summed E-state index contributed by atoms with van der Waals surface area (Å²) in [6, 6.07) is 5.95. The summed E-state index contributed by atoms with van der Waals surface area (Å²) >= 11 is 0. The van der Waals surface area contributed by atoms with Gasteiger partial charge in [-0.05, 0) is 18.6 Å². The highest BCUT2D eigenvalue weighted by atomic mass is 19.4. The maximum atomic E-state index is 13.0. The summed E-state index contributed by atoms with van der Waals surface area (Å²) in [5, 5.41) is 10.2. The number of halogens is 3. The Bertz CT molecular complexity index is 515. The van der Waals surface area contributed by atoms with E-state index in [1.165, 1.54) is 25.1 Å². The van der Waals surface area contributed by atoms with Crippen LogP contribution in [0.15, 0.2) is 24.3 Å². The number of ether oxygens (including phenoxy) is 2. The Morgan fingerprint density at radius 2 is 2.15 bits per heavy atom. The van der Waals surface area contributed by atoms with Crippen LogP contribution in [-0.4, -0.2) is 35.6 Å². The number of carbonyl (C=O) groups excluding carboxylic acids is 1. The first-order valence-corrected chi connectivity index (χ1v) is 6.00. The lowest BCUT2D eigenvalue weighted by Gasteiger charge is -2.39. The first-order valence-electron chi connectivity index (χ1n) is 6.00. The van der Waals surface area contributed by atoms with Crippen molar-refractivity contribution in [3.05, 3.63) is 29.8 Å². The number of alkyl halides is 3. The number of carbonyl (C=O) groups is 1. The van der Waals surface area contributed by atoms with Gasteiger partial charge in [0.05, 0.1) is 6.61 Å². The number of rotatable bonds is 2. The molecule has 1 aliphatic heterocycles. The van der Waals surface area contributed by atoms with Gasteiger partial charge < -0.3 is 14.6 Å². The van der Waals surface area contributed by atoms with Crippen LogP contribution in [0.1, 0.15) is 12.5 Å². The van der Waals surface area contributed by atoms with E-state index < -0.39 is 30.3 Å². The highest BCUT2D eigenvalue weighted by Crippen LogP contribution is 2.40. The van der Waals surface area contributed by atoms with Crippen molar-refractivity contribution in [2.24, 2.45) is 0 Å². The van der Waals surface area contributed by atoms with Crippen molar-refractivity contribution in [1.82, 2.24) is 0 Å². The molecule has 20 heavy (non-hydrogen) atoms. The lowest BCUT2D eigenvalue weighted by atomic mass is 9.85. The standard InChI is InChI=1S/C13H13F3O4/c1-2-19-11(17)12(18)7-8-5-3-4-6-9(8)20-10(12)13(14,15)16/h3-6,10,18H,2,7H2,1H3. The molecular formula is C13H13F3O4. The number of benzene rings is 1. The van der Waals surface area contributed by atoms with Crippen molar-refractivity contribution >= 4 is 5.97 Å². The molecule has 2 unspecified atom stereocenters. The molecule has 1 aliphatic rings. The second kappa shape index (κ2) is 4.97. The van der Waals surface area contributed by atoms with E-state index in [-0.39, 0.29) is 12.4 Å². The molecule has 2 rings (SSSR count). The maximum Gasteiger partial charge on any atom is 0.428 e. The molecule has 1 aromatic carbocycles. The van der Waals surface area contributed by atoms with Gasteiger partial charge in [-0.15, -0.1) is 0 Å². The van der Waals surface area contributed by atoms with E-state index in [2.05, 4.69) is 4.74 Å². The van der Waals surface area contributed by atoms with Crippen molar-refractivity contribution in [2.45, 2.75) is 31.2 Å². The minimum Gasteiger partial charge on any atom is -0.477 e. The van der Waals surface area contributed by atoms with Crippen LogP contribution in [0.2, 0.25) is 0 Å². The van der Waals surface area contributed by atoms with Crippen LogP contribution in [0, 0.1) is 0 Å². The highest BCUT2D eigenvalue weighted by molar-refractivity contribution is 5.81. The summed E-state index contributed by atoms with van der Waals surface area (Å²) in [4.78, 5) is 11.7. The molecule has 0 bridgehead atoms. The highest BCUT2D eigenvalue weighted by Gasteiger charge is 2.62. The summed E-state index contributed by atoms with van der Waals surface area (Å²) in [5.74, 6) is -1.33. The Hall–Kier alpha value is -1.76. The van der Waals surface area contributed by atoms with Crippen molar-refractivity contribution < 1.29 is 32.5 Å². The molecule has 0 amide bonds. The van der Waals surface area contributed by atoms with E-state index in [9.17, 15) is 23.1 Å². The van der Waals surface area contributed by atoms with Crippen LogP contribution in [0.3, 0.4) is 0 Å². The zero-order valence-electron chi connectivity index (χ0n) is 10.6. The summed E-state index contributed by atoms with van der Waals surface area (Å²) in [7, 11) is 0. The molecule has 0 radical (unpaired) electrons. The monoisotopic (exact) mass is 290 g/mol. The van der Waals surface area contributed by atoms with Gasteiger partial charge in [0.15, 0.2) is 0 Å². The topological polar surface area (TPSA) is 55.8 Å². The molecule has 0 fully saturated rings. The summed E-state index contributed by atoms with van der Waals surface area (Å²) in [6.45, 7) is 1.31. The Balaban J connectivity index is 2.45. The molecule has 0 aromatic heterocycles. The van der Waals surface area contributed by atoms with E-state index in [0.29, 0.717) is 5.56 Å². The molecule has 1 heterocycles. The van der Waals surface area contributed by atoms with E-state index in [1.54, 1.807) is 6.07 Å². The molecule has 0 saturated heterocycles. The van der Waals surface area contributed by atoms with Crippen LogP contribution >= 0.6 is 0 Å². The first kappa shape index (κ1) is 14.6. The normalized spacial score (nSPS) is 25.6. The number of fused-ring (bicyclic) bond motifs is 1. The fourth-order valence-electron chi connectivity index (χ4n) is 2.15. The molecule has 0 spiro atoms. The lowest BCUT2D eigenvalue weighted by Crippen LogP contribution is -2.62. The summed E-state index contributed by atoms with van der Waals surface area (Å²) < 4.78 is 48.5. The maximum absolute atomic E-state index is 13.0. The van der Waals surface area contributed by atoms with Gasteiger partial charge >= 0.3 is 12.1 Å². The molecule has 1 N–H and O–H groups in total. The van der Waals surface area contributed by atoms with Gasteiger partial charge in [0.25, 0.3) is 0 Å². The SMILES string of the molecule is CCOC(=O)C1(O)Cc2ccccc2OC1C(F)(F)F. The molecule has 7 heteroatoms.